The van der Waals surface area contributed by atoms with Crippen LogP contribution < -0.4 is 5.32 Å². The molecule has 0 aliphatic rings. The maximum atomic E-state index is 11.5. The third-order valence-corrected chi connectivity index (χ3v) is 3.69. The van der Waals surface area contributed by atoms with Crippen LogP contribution in [0.3, 0.4) is 0 Å². The second-order valence-corrected chi connectivity index (χ2v) is 6.05. The smallest absolute Gasteiger partial charge is 0.245 e. The van der Waals surface area contributed by atoms with Crippen molar-refractivity contribution in [1.29, 1.82) is 0 Å². The van der Waals surface area contributed by atoms with Crippen LogP contribution in [0, 0.1) is 0 Å². The van der Waals surface area contributed by atoms with Crippen LogP contribution in [-0.2, 0) is 28.6 Å². The van der Waals surface area contributed by atoms with E-state index in [0.717, 1.165) is 6.42 Å². The zero-order chi connectivity index (χ0) is 18.8. The summed E-state index contributed by atoms with van der Waals surface area (Å²) in [4.78, 5) is 33.9. The Balaban J connectivity index is 3.30. The predicted octanol–water partition coefficient (Wildman–Crippen LogP) is 1.66. The summed E-state index contributed by atoms with van der Waals surface area (Å²) in [6, 6.07) is 0. The van der Waals surface area contributed by atoms with Crippen molar-refractivity contribution in [2.75, 3.05) is 51.5 Å². The van der Waals surface area contributed by atoms with Gasteiger partial charge in [-0.15, -0.1) is 0 Å². The molecule has 0 rings (SSSR count). The van der Waals surface area contributed by atoms with Crippen LogP contribution in [0.15, 0.2) is 0 Å². The third kappa shape index (κ3) is 17.8. The van der Waals surface area contributed by atoms with Crippen molar-refractivity contribution in [1.82, 2.24) is 5.32 Å². The maximum Gasteiger partial charge on any atom is 0.245 e. The highest BCUT2D eigenvalue weighted by atomic mass is 79.9. The van der Waals surface area contributed by atoms with Gasteiger partial charge in [0.2, 0.25) is 5.91 Å². The van der Waals surface area contributed by atoms with Crippen LogP contribution in [0.5, 0.6) is 0 Å². The van der Waals surface area contributed by atoms with Gasteiger partial charge >= 0.3 is 0 Å². The van der Waals surface area contributed by atoms with Crippen molar-refractivity contribution < 1.29 is 28.6 Å². The summed E-state index contributed by atoms with van der Waals surface area (Å²) in [7, 11) is 0. The van der Waals surface area contributed by atoms with Gasteiger partial charge in [-0.25, -0.2) is 0 Å². The monoisotopic (exact) mass is 423 g/mol. The highest BCUT2D eigenvalue weighted by molar-refractivity contribution is 9.09. The third-order valence-electron chi connectivity index (χ3n) is 3.06. The van der Waals surface area contributed by atoms with E-state index in [9.17, 15) is 14.4 Å². The Kier molecular flexibility index (Phi) is 17.4. The zero-order valence-electron chi connectivity index (χ0n) is 15.0. The highest BCUT2D eigenvalue weighted by Gasteiger charge is 2.03. The molecule has 0 aromatic heterocycles. The Labute approximate surface area is 158 Å². The van der Waals surface area contributed by atoms with Gasteiger partial charge in [0.15, 0.2) is 5.78 Å². The van der Waals surface area contributed by atoms with Crippen LogP contribution in [0.1, 0.15) is 39.0 Å². The molecule has 0 aliphatic carbocycles. The van der Waals surface area contributed by atoms with Gasteiger partial charge in [0.1, 0.15) is 19.0 Å². The lowest BCUT2D eigenvalue weighted by molar-refractivity contribution is -0.126. The molecule has 0 atom stereocenters. The average Bonchev–Trinajstić information content (AvgIpc) is 2.60. The standard InChI is InChI=1S/C17H30BrNO6/c1-2-8-24-13-16(21)6-4-9-23-10-11-25-14-17(22)19-7-3-5-15(20)12-18/h2-14H2,1H3,(H,19,22). The summed E-state index contributed by atoms with van der Waals surface area (Å²) in [5.74, 6) is 0.00426. The van der Waals surface area contributed by atoms with Gasteiger partial charge in [0, 0.05) is 32.6 Å². The molecule has 7 nitrogen and oxygen atoms in total. The van der Waals surface area contributed by atoms with E-state index in [-0.39, 0.29) is 30.7 Å². The lowest BCUT2D eigenvalue weighted by atomic mass is 10.2. The van der Waals surface area contributed by atoms with E-state index >= 15 is 0 Å². The lowest BCUT2D eigenvalue weighted by Gasteiger charge is -2.07. The second kappa shape index (κ2) is 18.0. The van der Waals surface area contributed by atoms with Crippen LogP contribution in [0.4, 0.5) is 0 Å². The normalized spacial score (nSPS) is 10.6. The first-order valence-electron chi connectivity index (χ1n) is 8.69. The van der Waals surface area contributed by atoms with Crippen molar-refractivity contribution >= 4 is 33.4 Å². The molecule has 8 heteroatoms. The number of alkyl halides is 1. The molecule has 146 valence electrons. The fourth-order valence-electron chi connectivity index (χ4n) is 1.79. The Morgan fingerprint density at radius 1 is 0.840 bits per heavy atom. The fourth-order valence-corrected chi connectivity index (χ4v) is 2.07. The minimum absolute atomic E-state index is 0.0248. The molecule has 0 spiro atoms. The second-order valence-electron chi connectivity index (χ2n) is 5.49. The summed E-state index contributed by atoms with van der Waals surface area (Å²) >= 11 is 3.09. The van der Waals surface area contributed by atoms with E-state index in [2.05, 4.69) is 21.2 Å². The molecule has 1 amide bonds. The van der Waals surface area contributed by atoms with Gasteiger partial charge in [-0.05, 0) is 19.3 Å². The van der Waals surface area contributed by atoms with Gasteiger partial charge < -0.3 is 19.5 Å². The number of hydrogen-bond donors (Lipinski definition) is 1. The summed E-state index contributed by atoms with van der Waals surface area (Å²) in [6.45, 7) is 4.42. The Hall–Kier alpha value is -0.830. The number of ketones is 2. The van der Waals surface area contributed by atoms with E-state index in [1.807, 2.05) is 6.92 Å². The minimum atomic E-state index is -0.205. The van der Waals surface area contributed by atoms with Gasteiger partial charge in [0.25, 0.3) is 0 Å². The van der Waals surface area contributed by atoms with Crippen LogP contribution >= 0.6 is 15.9 Å². The number of carbonyl (C=O) groups is 3. The maximum absolute atomic E-state index is 11.5. The number of ether oxygens (including phenoxy) is 3. The van der Waals surface area contributed by atoms with Crippen molar-refractivity contribution in [2.45, 2.75) is 39.0 Å². The average molecular weight is 424 g/mol. The van der Waals surface area contributed by atoms with Crippen LogP contribution in [0.25, 0.3) is 0 Å². The molecule has 25 heavy (non-hydrogen) atoms. The summed E-state index contributed by atoms with van der Waals surface area (Å²) in [5.41, 5.74) is 0. The molecule has 0 aliphatic heterocycles. The highest BCUT2D eigenvalue weighted by Crippen LogP contribution is 1.95. The molecular weight excluding hydrogens is 394 g/mol. The number of hydrogen-bond acceptors (Lipinski definition) is 6. The van der Waals surface area contributed by atoms with Crippen molar-refractivity contribution in [3.63, 3.8) is 0 Å². The van der Waals surface area contributed by atoms with E-state index < -0.39 is 0 Å². The van der Waals surface area contributed by atoms with Crippen molar-refractivity contribution in [3.8, 4) is 0 Å². The zero-order valence-corrected chi connectivity index (χ0v) is 16.6. The number of amides is 1. The Bertz CT molecular complexity index is 378. The van der Waals surface area contributed by atoms with E-state index in [4.69, 9.17) is 14.2 Å². The number of nitrogens with one attached hydrogen (secondary N) is 1. The molecule has 0 radical (unpaired) electrons. The molecule has 0 heterocycles. The predicted molar refractivity (Wildman–Crippen MR) is 98.0 cm³/mol. The first kappa shape index (κ1) is 24.2. The molecule has 0 fully saturated rings. The van der Waals surface area contributed by atoms with E-state index in [1.54, 1.807) is 0 Å². The van der Waals surface area contributed by atoms with Crippen molar-refractivity contribution in [3.05, 3.63) is 0 Å². The summed E-state index contributed by atoms with van der Waals surface area (Å²) < 4.78 is 15.7. The summed E-state index contributed by atoms with van der Waals surface area (Å²) in [6.07, 6.45) is 3.09. The van der Waals surface area contributed by atoms with Gasteiger partial charge in [-0.1, -0.05) is 22.9 Å². The largest absolute Gasteiger partial charge is 0.379 e. The fraction of sp³-hybridized carbons (Fsp3) is 0.824. The molecular formula is C17H30BrNO6. The Morgan fingerprint density at radius 2 is 1.52 bits per heavy atom. The van der Waals surface area contributed by atoms with Gasteiger partial charge in [-0.2, -0.15) is 0 Å². The minimum Gasteiger partial charge on any atom is -0.379 e. The quantitative estimate of drug-likeness (QED) is 0.266. The molecule has 0 aromatic carbocycles. The van der Waals surface area contributed by atoms with Gasteiger partial charge in [0.05, 0.1) is 18.5 Å². The van der Waals surface area contributed by atoms with E-state index in [0.29, 0.717) is 64.0 Å². The first-order chi connectivity index (χ1) is 12.1. The van der Waals surface area contributed by atoms with Gasteiger partial charge in [-0.3, -0.25) is 14.4 Å². The summed E-state index contributed by atoms with van der Waals surface area (Å²) in [5, 5.41) is 3.04. The Morgan fingerprint density at radius 3 is 2.24 bits per heavy atom. The van der Waals surface area contributed by atoms with Crippen molar-refractivity contribution in [2.24, 2.45) is 0 Å². The van der Waals surface area contributed by atoms with Crippen LogP contribution in [0.2, 0.25) is 0 Å². The number of rotatable bonds is 18. The molecule has 1 N–H and O–H groups in total. The molecule has 0 saturated carbocycles. The molecule has 0 unspecified atom stereocenters. The SMILES string of the molecule is CCCOCC(=O)CCCOCCOCC(=O)NCCCC(=O)CBr. The molecule has 0 aromatic rings. The number of halogens is 1. The molecule has 0 bridgehead atoms. The molecule has 0 saturated heterocycles. The topological polar surface area (TPSA) is 90.9 Å². The first-order valence-corrected chi connectivity index (χ1v) is 9.81. The van der Waals surface area contributed by atoms with Crippen LogP contribution in [-0.4, -0.2) is 69.0 Å². The lowest BCUT2D eigenvalue weighted by Crippen LogP contribution is -2.29. The number of Topliss-reactive ketones (excluding diaryl/α,β-unsaturated/α-hetero) is 2. The van der Waals surface area contributed by atoms with E-state index in [1.165, 1.54) is 0 Å². The number of carbonyl (C=O) groups excluding carboxylic acids is 3.